The number of hydrogen-bond donors (Lipinski definition) is 4. The van der Waals surface area contributed by atoms with Crippen LogP contribution in [0.4, 0.5) is 0 Å². The normalized spacial score (nSPS) is 14.8. The van der Waals surface area contributed by atoms with Crippen molar-refractivity contribution in [3.8, 4) is 0 Å². The van der Waals surface area contributed by atoms with Crippen molar-refractivity contribution in [1.29, 1.82) is 0 Å². The van der Waals surface area contributed by atoms with Crippen LogP contribution >= 0.6 is 85.8 Å². The van der Waals surface area contributed by atoms with E-state index in [-0.39, 0.29) is 0 Å². The Morgan fingerprint density at radius 1 is 0.706 bits per heavy atom. The van der Waals surface area contributed by atoms with Crippen LogP contribution in [-0.2, 0) is 0 Å². The minimum Gasteiger partial charge on any atom is -0.179 e. The molecule has 0 aromatic heterocycles. The molecule has 0 N–H and O–H groups in total. The van der Waals surface area contributed by atoms with Crippen LogP contribution in [0.15, 0.2) is 0 Å². The third-order valence-electron chi connectivity index (χ3n) is 1.82. The van der Waals surface area contributed by atoms with E-state index < -0.39 is 0 Å². The summed E-state index contributed by atoms with van der Waals surface area (Å²) in [7, 11) is 0. The average molecular weight is 367 g/mol. The largest absolute Gasteiger partial charge is 0.179 e. The van der Waals surface area contributed by atoms with E-state index in [9.17, 15) is 0 Å². The van der Waals surface area contributed by atoms with Gasteiger partial charge >= 0.3 is 0 Å². The van der Waals surface area contributed by atoms with Crippen LogP contribution in [-0.4, -0.2) is 43.7 Å². The van der Waals surface area contributed by atoms with Crippen LogP contribution in [0.25, 0.3) is 0 Å². The summed E-state index contributed by atoms with van der Waals surface area (Å²) in [5, 5.41) is 0. The summed E-state index contributed by atoms with van der Waals surface area (Å²) in [6.07, 6.45) is 2.35. The molecule has 7 heteroatoms. The van der Waals surface area contributed by atoms with Gasteiger partial charge in [0.1, 0.15) is 0 Å². The maximum absolute atomic E-state index is 4.54. The fourth-order valence-corrected chi connectivity index (χ4v) is 5.52. The van der Waals surface area contributed by atoms with Gasteiger partial charge in [-0.05, 0) is 35.9 Å². The molecule has 0 nitrogen and oxygen atoms in total. The second-order valence-electron chi connectivity index (χ2n) is 3.29. The van der Waals surface area contributed by atoms with Crippen molar-refractivity contribution >= 4 is 85.8 Å². The minimum absolute atomic E-state index is 0.472. The average Bonchev–Trinajstić information content (AvgIpc) is 2.33. The molecule has 0 aliphatic heterocycles. The Morgan fingerprint density at radius 3 is 1.47 bits per heavy atom. The van der Waals surface area contributed by atoms with Gasteiger partial charge in [-0.15, -0.1) is 23.5 Å². The standard InChI is InChI=1S/C10H22S7/c11-3-7-16-9(13)1-5-15-6-2-10(14)17-8-4-12/h9-14H,1-8H2. The number of rotatable bonds is 12. The molecule has 0 radical (unpaired) electrons. The second kappa shape index (κ2) is 14.9. The molecule has 0 heterocycles. The first kappa shape index (κ1) is 19.4. The Morgan fingerprint density at radius 2 is 1.12 bits per heavy atom. The summed E-state index contributed by atoms with van der Waals surface area (Å²) in [5.41, 5.74) is 0. The first-order valence-electron chi connectivity index (χ1n) is 5.59. The quantitative estimate of drug-likeness (QED) is 0.231. The molecule has 0 spiro atoms. The van der Waals surface area contributed by atoms with E-state index in [4.69, 9.17) is 0 Å². The SMILES string of the molecule is SCCSC(S)CCSCCC(S)SCCS. The maximum Gasteiger partial charge on any atom is 0.0480 e. The minimum atomic E-state index is 0.472. The van der Waals surface area contributed by atoms with Crippen LogP contribution in [0.5, 0.6) is 0 Å². The summed E-state index contributed by atoms with van der Waals surface area (Å²) in [6.45, 7) is 0. The highest BCUT2D eigenvalue weighted by Crippen LogP contribution is 2.23. The number of thiol groups is 4. The Bertz CT molecular complexity index is 140. The summed E-state index contributed by atoms with van der Waals surface area (Å²) in [4.78, 5) is 0. The first-order valence-corrected chi connectivity index (χ1v) is 11.1. The monoisotopic (exact) mass is 366 g/mol. The molecule has 0 aromatic rings. The molecule has 0 fully saturated rings. The molecule has 17 heavy (non-hydrogen) atoms. The molecule has 0 aliphatic carbocycles. The third kappa shape index (κ3) is 14.7. The van der Waals surface area contributed by atoms with Crippen LogP contribution in [0.3, 0.4) is 0 Å². The fourth-order valence-electron chi connectivity index (χ4n) is 1.01. The van der Waals surface area contributed by atoms with E-state index in [2.05, 4.69) is 50.5 Å². The smallest absolute Gasteiger partial charge is 0.0480 e. The molecule has 2 atom stereocenters. The number of thioether (sulfide) groups is 3. The molecular formula is C10H22S7. The molecule has 104 valence electrons. The van der Waals surface area contributed by atoms with E-state index in [1.165, 1.54) is 24.3 Å². The molecule has 2 unspecified atom stereocenters. The Kier molecular flexibility index (Phi) is 17.0. The lowest BCUT2D eigenvalue weighted by Gasteiger charge is -2.11. The summed E-state index contributed by atoms with van der Waals surface area (Å²) in [6, 6.07) is 0. The van der Waals surface area contributed by atoms with Crippen LogP contribution < -0.4 is 0 Å². The first-order chi connectivity index (χ1) is 8.20. The molecule has 0 saturated carbocycles. The van der Waals surface area contributed by atoms with Gasteiger partial charge in [0.15, 0.2) is 0 Å². The lowest BCUT2D eigenvalue weighted by atomic mass is 10.5. The molecule has 0 rings (SSSR count). The predicted octanol–water partition coefficient (Wildman–Crippen LogP) is 4.34. The number of hydrogen-bond acceptors (Lipinski definition) is 7. The highest BCUT2D eigenvalue weighted by atomic mass is 32.2. The van der Waals surface area contributed by atoms with E-state index in [1.54, 1.807) is 0 Å². The van der Waals surface area contributed by atoms with Crippen molar-refractivity contribution in [2.24, 2.45) is 0 Å². The van der Waals surface area contributed by atoms with Gasteiger partial charge in [0.05, 0.1) is 0 Å². The zero-order valence-corrected chi connectivity index (χ0v) is 15.9. The Labute approximate surface area is 141 Å². The molecular weight excluding hydrogens is 345 g/mol. The zero-order chi connectivity index (χ0) is 12.9. The van der Waals surface area contributed by atoms with Crippen molar-refractivity contribution in [2.45, 2.75) is 22.0 Å². The summed E-state index contributed by atoms with van der Waals surface area (Å²) < 4.78 is 0.944. The van der Waals surface area contributed by atoms with Gasteiger partial charge < -0.3 is 0 Å². The zero-order valence-electron chi connectivity index (χ0n) is 9.83. The summed E-state index contributed by atoms with van der Waals surface area (Å²) >= 11 is 23.3. The molecule has 0 saturated heterocycles. The Hall–Kier alpha value is 2.45. The highest BCUT2D eigenvalue weighted by molar-refractivity contribution is 8.11. The van der Waals surface area contributed by atoms with E-state index in [1.807, 2.05) is 35.3 Å². The fraction of sp³-hybridized carbons (Fsp3) is 1.00. The predicted molar refractivity (Wildman–Crippen MR) is 105 cm³/mol. The van der Waals surface area contributed by atoms with Gasteiger partial charge in [-0.1, -0.05) is 0 Å². The van der Waals surface area contributed by atoms with Crippen LogP contribution in [0.2, 0.25) is 0 Å². The van der Waals surface area contributed by atoms with E-state index >= 15 is 0 Å². The van der Waals surface area contributed by atoms with Crippen molar-refractivity contribution in [3.63, 3.8) is 0 Å². The van der Waals surface area contributed by atoms with Crippen LogP contribution in [0.1, 0.15) is 12.8 Å². The van der Waals surface area contributed by atoms with E-state index in [0.717, 1.165) is 23.0 Å². The van der Waals surface area contributed by atoms with Gasteiger partial charge in [0, 0.05) is 20.7 Å². The van der Waals surface area contributed by atoms with Gasteiger partial charge in [-0.3, -0.25) is 0 Å². The Balaban J connectivity index is 3.22. The molecule has 0 bridgehead atoms. The van der Waals surface area contributed by atoms with E-state index in [0.29, 0.717) is 9.16 Å². The van der Waals surface area contributed by atoms with Crippen molar-refractivity contribution in [2.75, 3.05) is 34.5 Å². The molecule has 0 aromatic carbocycles. The lowest BCUT2D eigenvalue weighted by molar-refractivity contribution is 1.05. The van der Waals surface area contributed by atoms with Gasteiger partial charge in [0.2, 0.25) is 0 Å². The van der Waals surface area contributed by atoms with Gasteiger partial charge in [-0.25, -0.2) is 0 Å². The van der Waals surface area contributed by atoms with Crippen molar-refractivity contribution in [3.05, 3.63) is 0 Å². The molecule has 0 amide bonds. The van der Waals surface area contributed by atoms with Crippen molar-refractivity contribution < 1.29 is 0 Å². The highest BCUT2D eigenvalue weighted by Gasteiger charge is 2.05. The van der Waals surface area contributed by atoms with Crippen LogP contribution in [0, 0.1) is 0 Å². The third-order valence-corrected chi connectivity index (χ3v) is 7.45. The second-order valence-corrected chi connectivity index (χ2v) is 9.97. The topological polar surface area (TPSA) is 0 Å². The van der Waals surface area contributed by atoms with Gasteiger partial charge in [-0.2, -0.15) is 62.3 Å². The maximum atomic E-state index is 4.54. The lowest BCUT2D eigenvalue weighted by Crippen LogP contribution is -2.00. The van der Waals surface area contributed by atoms with Gasteiger partial charge in [0.25, 0.3) is 0 Å². The summed E-state index contributed by atoms with van der Waals surface area (Å²) in [5.74, 6) is 6.48. The van der Waals surface area contributed by atoms with Crippen molar-refractivity contribution in [1.82, 2.24) is 0 Å². The molecule has 0 aliphatic rings.